The number of nitrogens with zero attached hydrogens (tertiary/aromatic N) is 4. The van der Waals surface area contributed by atoms with Crippen molar-refractivity contribution >= 4 is 26.9 Å². The van der Waals surface area contributed by atoms with Crippen LogP contribution in [0.2, 0.25) is 0 Å². The van der Waals surface area contributed by atoms with Crippen LogP contribution in [0.3, 0.4) is 0 Å². The first-order valence-electron chi connectivity index (χ1n) is 9.49. The van der Waals surface area contributed by atoms with Crippen LogP contribution in [0.5, 0.6) is 0 Å². The Morgan fingerprint density at radius 2 is 1.90 bits per heavy atom. The van der Waals surface area contributed by atoms with E-state index in [1.807, 2.05) is 13.0 Å². The molecule has 0 unspecified atom stereocenters. The summed E-state index contributed by atoms with van der Waals surface area (Å²) in [5, 5.41) is 0. The number of aryl methyl sites for hydroxylation is 3. The number of fused-ring (bicyclic) bond motifs is 1. The zero-order valence-electron chi connectivity index (χ0n) is 17.3. The van der Waals surface area contributed by atoms with Gasteiger partial charge in [-0.2, -0.15) is 0 Å². The molecule has 3 heterocycles. The molecule has 0 atom stereocenters. The molecule has 0 amide bonds. The summed E-state index contributed by atoms with van der Waals surface area (Å²) in [5.41, 5.74) is 3.46. The standard InChI is InChI=1S/C20H25N5O3S/c1-12-8-14(10-24(4)19(12)26)15-9-16-17(18(22-15)23-29(5,27)28)21-13(2)25(16)11-20(3)6-7-20/h8-10H,6-7,11H2,1-5H3,(H,22,23). The van der Waals surface area contributed by atoms with Gasteiger partial charge in [-0.15, -0.1) is 0 Å². The van der Waals surface area contributed by atoms with Crippen molar-refractivity contribution in [3.8, 4) is 11.3 Å². The Morgan fingerprint density at radius 1 is 1.21 bits per heavy atom. The number of aromatic nitrogens is 4. The fourth-order valence-electron chi connectivity index (χ4n) is 3.60. The molecule has 154 valence electrons. The van der Waals surface area contributed by atoms with Crippen molar-refractivity contribution in [1.82, 2.24) is 19.1 Å². The van der Waals surface area contributed by atoms with Crippen LogP contribution in [0.4, 0.5) is 5.82 Å². The third-order valence-electron chi connectivity index (χ3n) is 5.51. The second-order valence-electron chi connectivity index (χ2n) is 8.48. The Kier molecular flexibility index (Phi) is 4.34. The fraction of sp³-hybridized carbons (Fsp3) is 0.450. The Hall–Kier alpha value is -2.68. The molecule has 8 nitrogen and oxygen atoms in total. The van der Waals surface area contributed by atoms with Crippen LogP contribution in [0.1, 0.15) is 31.2 Å². The molecule has 1 aliphatic rings. The van der Waals surface area contributed by atoms with E-state index in [0.29, 0.717) is 16.8 Å². The Labute approximate surface area is 169 Å². The normalized spacial score (nSPS) is 15.6. The maximum atomic E-state index is 12.1. The molecule has 0 aromatic carbocycles. The van der Waals surface area contributed by atoms with Gasteiger partial charge in [-0.3, -0.25) is 9.52 Å². The number of pyridine rings is 2. The maximum Gasteiger partial charge on any atom is 0.253 e. The highest BCUT2D eigenvalue weighted by atomic mass is 32.2. The van der Waals surface area contributed by atoms with Crippen molar-refractivity contribution in [2.75, 3.05) is 11.0 Å². The summed E-state index contributed by atoms with van der Waals surface area (Å²) in [4.78, 5) is 21.2. The van der Waals surface area contributed by atoms with E-state index in [1.54, 1.807) is 26.2 Å². The fourth-order valence-corrected chi connectivity index (χ4v) is 4.10. The van der Waals surface area contributed by atoms with E-state index in [2.05, 4.69) is 26.2 Å². The van der Waals surface area contributed by atoms with Crippen molar-refractivity contribution < 1.29 is 8.42 Å². The summed E-state index contributed by atoms with van der Waals surface area (Å²) in [6.07, 6.45) is 5.14. The van der Waals surface area contributed by atoms with E-state index in [4.69, 9.17) is 0 Å². The SMILES string of the molecule is Cc1cc(-c2cc3c(nc(C)n3CC3(C)CC3)c(NS(C)(=O)=O)n2)cn(C)c1=O. The molecule has 1 N–H and O–H groups in total. The van der Waals surface area contributed by atoms with Gasteiger partial charge in [0.15, 0.2) is 5.82 Å². The lowest BCUT2D eigenvalue weighted by molar-refractivity contribution is 0.466. The molecule has 29 heavy (non-hydrogen) atoms. The highest BCUT2D eigenvalue weighted by molar-refractivity contribution is 7.92. The molecule has 4 rings (SSSR count). The van der Waals surface area contributed by atoms with Gasteiger partial charge in [0.1, 0.15) is 11.3 Å². The predicted octanol–water partition coefficient (Wildman–Crippen LogP) is 2.59. The smallest absolute Gasteiger partial charge is 0.253 e. The third kappa shape index (κ3) is 3.78. The molecule has 0 bridgehead atoms. The monoisotopic (exact) mass is 415 g/mol. The molecule has 1 saturated carbocycles. The lowest BCUT2D eigenvalue weighted by Gasteiger charge is -2.14. The average Bonchev–Trinajstić information content (AvgIpc) is 3.26. The predicted molar refractivity (Wildman–Crippen MR) is 113 cm³/mol. The topological polar surface area (TPSA) is 98.9 Å². The largest absolute Gasteiger partial charge is 0.327 e. The summed E-state index contributed by atoms with van der Waals surface area (Å²) in [5.74, 6) is 1.02. The first-order chi connectivity index (χ1) is 13.5. The maximum absolute atomic E-state index is 12.1. The van der Waals surface area contributed by atoms with Gasteiger partial charge in [-0.05, 0) is 44.2 Å². The zero-order chi connectivity index (χ0) is 21.1. The third-order valence-corrected chi connectivity index (χ3v) is 6.08. The van der Waals surface area contributed by atoms with Crippen molar-refractivity contribution in [3.63, 3.8) is 0 Å². The molecule has 0 saturated heterocycles. The number of anilines is 1. The van der Waals surface area contributed by atoms with Gasteiger partial charge in [0.25, 0.3) is 5.56 Å². The van der Waals surface area contributed by atoms with Crippen LogP contribution in [-0.4, -0.2) is 33.8 Å². The average molecular weight is 416 g/mol. The van der Waals surface area contributed by atoms with Gasteiger partial charge in [-0.25, -0.2) is 18.4 Å². The van der Waals surface area contributed by atoms with Crippen LogP contribution in [-0.2, 0) is 23.6 Å². The summed E-state index contributed by atoms with van der Waals surface area (Å²) >= 11 is 0. The van der Waals surface area contributed by atoms with Gasteiger partial charge < -0.3 is 9.13 Å². The highest BCUT2D eigenvalue weighted by Crippen LogP contribution is 2.47. The van der Waals surface area contributed by atoms with Crippen LogP contribution >= 0.6 is 0 Å². The van der Waals surface area contributed by atoms with E-state index in [-0.39, 0.29) is 16.8 Å². The lowest BCUT2D eigenvalue weighted by atomic mass is 10.1. The van der Waals surface area contributed by atoms with Gasteiger partial charge >= 0.3 is 0 Å². The summed E-state index contributed by atoms with van der Waals surface area (Å²) in [6.45, 7) is 6.74. The minimum Gasteiger partial charge on any atom is -0.327 e. The quantitative estimate of drug-likeness (QED) is 0.691. The first kappa shape index (κ1) is 19.6. The molecule has 3 aromatic heterocycles. The van der Waals surface area contributed by atoms with E-state index >= 15 is 0 Å². The Morgan fingerprint density at radius 3 is 2.48 bits per heavy atom. The van der Waals surface area contributed by atoms with Crippen LogP contribution in [0.15, 0.2) is 23.1 Å². The van der Waals surface area contributed by atoms with Gasteiger partial charge in [0.2, 0.25) is 10.0 Å². The van der Waals surface area contributed by atoms with E-state index < -0.39 is 10.0 Å². The second-order valence-corrected chi connectivity index (χ2v) is 10.2. The lowest BCUT2D eigenvalue weighted by Crippen LogP contribution is -2.18. The molecular weight excluding hydrogens is 390 g/mol. The molecular formula is C20H25N5O3S. The van der Waals surface area contributed by atoms with E-state index in [0.717, 1.165) is 29.7 Å². The summed E-state index contributed by atoms with van der Waals surface area (Å²) in [6, 6.07) is 3.70. The van der Waals surface area contributed by atoms with Crippen molar-refractivity contribution in [2.45, 2.75) is 40.2 Å². The number of rotatable bonds is 5. The molecule has 1 aliphatic carbocycles. The molecule has 1 fully saturated rings. The van der Waals surface area contributed by atoms with E-state index in [9.17, 15) is 13.2 Å². The number of nitrogens with one attached hydrogen (secondary N) is 1. The van der Waals surface area contributed by atoms with E-state index in [1.165, 1.54) is 17.4 Å². The number of sulfonamides is 1. The molecule has 9 heteroatoms. The molecule has 0 radical (unpaired) electrons. The molecule has 0 spiro atoms. The Balaban J connectivity index is 1.97. The number of hydrogen-bond acceptors (Lipinski definition) is 5. The highest BCUT2D eigenvalue weighted by Gasteiger charge is 2.38. The summed E-state index contributed by atoms with van der Waals surface area (Å²) in [7, 11) is -1.84. The molecule has 0 aliphatic heterocycles. The van der Waals surface area contributed by atoms with Crippen molar-refractivity contribution in [3.05, 3.63) is 40.1 Å². The molecule has 3 aromatic rings. The zero-order valence-corrected chi connectivity index (χ0v) is 18.1. The van der Waals surface area contributed by atoms with Crippen molar-refractivity contribution in [2.24, 2.45) is 12.5 Å². The number of hydrogen-bond donors (Lipinski definition) is 1. The second kappa shape index (κ2) is 6.41. The van der Waals surface area contributed by atoms with Crippen LogP contribution in [0.25, 0.3) is 22.3 Å². The van der Waals surface area contributed by atoms with Crippen molar-refractivity contribution in [1.29, 1.82) is 0 Å². The van der Waals surface area contributed by atoms with Gasteiger partial charge in [0, 0.05) is 30.9 Å². The summed E-state index contributed by atoms with van der Waals surface area (Å²) < 4.78 is 30.0. The Bertz CT molecular complexity index is 1270. The van der Waals surface area contributed by atoms with Crippen LogP contribution in [0, 0.1) is 19.3 Å². The number of imidazole rings is 1. The minimum absolute atomic E-state index is 0.0770. The van der Waals surface area contributed by atoms with Gasteiger partial charge in [-0.1, -0.05) is 6.92 Å². The first-order valence-corrected chi connectivity index (χ1v) is 11.4. The minimum atomic E-state index is -3.53. The van der Waals surface area contributed by atoms with Crippen LogP contribution < -0.4 is 10.3 Å². The van der Waals surface area contributed by atoms with Gasteiger partial charge in [0.05, 0.1) is 17.5 Å².